The van der Waals surface area contributed by atoms with Crippen molar-refractivity contribution in [1.29, 1.82) is 0 Å². The van der Waals surface area contributed by atoms with E-state index in [1.807, 2.05) is 17.0 Å². The van der Waals surface area contributed by atoms with Gasteiger partial charge in [-0.25, -0.2) is 8.42 Å². The minimum atomic E-state index is -3.64. The number of benzene rings is 1. The van der Waals surface area contributed by atoms with E-state index in [0.717, 1.165) is 37.8 Å². The molecule has 0 bridgehead atoms. The maximum absolute atomic E-state index is 13.1. The number of amides is 1. The van der Waals surface area contributed by atoms with Gasteiger partial charge in [0.25, 0.3) is 0 Å². The third-order valence-electron chi connectivity index (χ3n) is 5.44. The molecule has 2 fully saturated rings. The zero-order valence-corrected chi connectivity index (χ0v) is 16.0. The summed E-state index contributed by atoms with van der Waals surface area (Å²) in [4.78, 5) is 14.7. The van der Waals surface area contributed by atoms with E-state index in [-0.39, 0.29) is 16.8 Å². The smallest absolute Gasteiger partial charge is 0.243 e. The Labute approximate surface area is 151 Å². The van der Waals surface area contributed by atoms with Crippen LogP contribution >= 0.6 is 0 Å². The molecule has 2 heterocycles. The van der Waals surface area contributed by atoms with Crippen LogP contribution in [0.5, 0.6) is 0 Å². The predicted octanol–water partition coefficient (Wildman–Crippen LogP) is 2.80. The Balaban J connectivity index is 1.77. The zero-order chi connectivity index (χ0) is 18.0. The van der Waals surface area contributed by atoms with Crippen LogP contribution in [0.25, 0.3) is 0 Å². The summed E-state index contributed by atoms with van der Waals surface area (Å²) < 4.78 is 27.5. The molecule has 138 valence electrons. The highest BCUT2D eigenvalue weighted by molar-refractivity contribution is 7.89. The van der Waals surface area contributed by atoms with Crippen LogP contribution in [0, 0.1) is 0 Å². The van der Waals surface area contributed by atoms with Crippen LogP contribution in [0.3, 0.4) is 0 Å². The van der Waals surface area contributed by atoms with Crippen molar-refractivity contribution in [3.05, 3.63) is 29.8 Å². The largest absolute Gasteiger partial charge is 0.337 e. The van der Waals surface area contributed by atoms with Crippen molar-refractivity contribution in [3.8, 4) is 0 Å². The zero-order valence-electron chi connectivity index (χ0n) is 15.1. The summed E-state index contributed by atoms with van der Waals surface area (Å²) in [5, 5.41) is 0. The van der Waals surface area contributed by atoms with Gasteiger partial charge < -0.3 is 4.90 Å². The molecule has 0 radical (unpaired) electrons. The van der Waals surface area contributed by atoms with Crippen LogP contribution < -0.4 is 0 Å². The van der Waals surface area contributed by atoms with Gasteiger partial charge in [0.1, 0.15) is 6.04 Å². The van der Waals surface area contributed by atoms with Crippen molar-refractivity contribution < 1.29 is 13.2 Å². The molecule has 2 aliphatic heterocycles. The molecule has 1 amide bonds. The van der Waals surface area contributed by atoms with E-state index in [0.29, 0.717) is 6.54 Å². The standard InChI is InChI=1S/C19H28N2O3S/c1-3-4-5-7-16-9-11-18(12-10-16)25(23,24)21-14-17-8-6-13-20(17)19(22)15(21)2/h9-12,15,17H,3-8,13-14H2,1-2H3/t15-,17+/m0/s1. The third kappa shape index (κ3) is 3.60. The van der Waals surface area contributed by atoms with Gasteiger partial charge in [-0.15, -0.1) is 0 Å². The normalized spacial score (nSPS) is 24.6. The molecule has 2 aliphatic rings. The number of fused-ring (bicyclic) bond motifs is 1. The molecule has 25 heavy (non-hydrogen) atoms. The molecular weight excluding hydrogens is 336 g/mol. The Kier molecular flexibility index (Phi) is 5.49. The summed E-state index contributed by atoms with van der Waals surface area (Å²) in [6.45, 7) is 5.04. The number of hydrogen-bond donors (Lipinski definition) is 0. The number of hydrogen-bond acceptors (Lipinski definition) is 3. The van der Waals surface area contributed by atoms with E-state index < -0.39 is 16.1 Å². The maximum atomic E-state index is 13.1. The molecule has 0 unspecified atom stereocenters. The number of aryl methyl sites for hydroxylation is 1. The topological polar surface area (TPSA) is 57.7 Å². The van der Waals surface area contributed by atoms with Gasteiger partial charge in [0.2, 0.25) is 15.9 Å². The van der Waals surface area contributed by atoms with Crippen LogP contribution in [0.1, 0.15) is 51.5 Å². The molecule has 0 aliphatic carbocycles. The minimum Gasteiger partial charge on any atom is -0.337 e. The van der Waals surface area contributed by atoms with Crippen LogP contribution in [-0.2, 0) is 21.2 Å². The Morgan fingerprint density at radius 3 is 2.56 bits per heavy atom. The summed E-state index contributed by atoms with van der Waals surface area (Å²) >= 11 is 0. The lowest BCUT2D eigenvalue weighted by atomic mass is 10.1. The van der Waals surface area contributed by atoms with E-state index in [9.17, 15) is 13.2 Å². The Bertz CT molecular complexity index is 715. The van der Waals surface area contributed by atoms with E-state index in [2.05, 4.69) is 6.92 Å². The number of carbonyl (C=O) groups excluding carboxylic acids is 1. The Morgan fingerprint density at radius 2 is 1.88 bits per heavy atom. The fraction of sp³-hybridized carbons (Fsp3) is 0.632. The molecule has 1 aromatic carbocycles. The second-order valence-electron chi connectivity index (χ2n) is 7.18. The minimum absolute atomic E-state index is 0.0341. The molecule has 1 aromatic rings. The average Bonchev–Trinajstić information content (AvgIpc) is 3.07. The lowest BCUT2D eigenvalue weighted by Gasteiger charge is -2.40. The molecule has 0 aromatic heterocycles. The van der Waals surface area contributed by atoms with Crippen molar-refractivity contribution in [2.75, 3.05) is 13.1 Å². The fourth-order valence-electron chi connectivity index (χ4n) is 3.89. The van der Waals surface area contributed by atoms with Crippen molar-refractivity contribution in [2.45, 2.75) is 69.4 Å². The maximum Gasteiger partial charge on any atom is 0.243 e. The number of sulfonamides is 1. The predicted molar refractivity (Wildman–Crippen MR) is 97.8 cm³/mol. The van der Waals surface area contributed by atoms with Crippen molar-refractivity contribution in [3.63, 3.8) is 0 Å². The first kappa shape index (κ1) is 18.4. The summed E-state index contributed by atoms with van der Waals surface area (Å²) in [5.74, 6) is -0.0616. The van der Waals surface area contributed by atoms with Gasteiger partial charge in [-0.1, -0.05) is 31.9 Å². The van der Waals surface area contributed by atoms with Crippen LogP contribution in [0.2, 0.25) is 0 Å². The van der Waals surface area contributed by atoms with E-state index in [1.165, 1.54) is 17.1 Å². The Morgan fingerprint density at radius 1 is 1.16 bits per heavy atom. The lowest BCUT2D eigenvalue weighted by Crippen LogP contribution is -2.59. The first-order chi connectivity index (χ1) is 11.9. The van der Waals surface area contributed by atoms with Crippen LogP contribution in [0.15, 0.2) is 29.2 Å². The number of piperazine rings is 1. The van der Waals surface area contributed by atoms with Crippen molar-refractivity contribution >= 4 is 15.9 Å². The number of carbonyl (C=O) groups is 1. The van der Waals surface area contributed by atoms with Crippen LogP contribution in [0.4, 0.5) is 0 Å². The molecule has 3 rings (SSSR count). The van der Waals surface area contributed by atoms with Gasteiger partial charge in [0.15, 0.2) is 0 Å². The second-order valence-corrected chi connectivity index (χ2v) is 9.07. The Hall–Kier alpha value is -1.40. The lowest BCUT2D eigenvalue weighted by molar-refractivity contribution is -0.139. The molecule has 2 saturated heterocycles. The first-order valence-corrected chi connectivity index (χ1v) is 10.8. The van der Waals surface area contributed by atoms with Crippen molar-refractivity contribution in [1.82, 2.24) is 9.21 Å². The number of rotatable bonds is 6. The molecule has 0 spiro atoms. The summed E-state index contributed by atoms with van der Waals surface area (Å²) in [6.07, 6.45) is 6.31. The third-order valence-corrected chi connectivity index (χ3v) is 7.39. The molecular formula is C19H28N2O3S. The van der Waals surface area contributed by atoms with E-state index in [1.54, 1.807) is 19.1 Å². The second kappa shape index (κ2) is 7.46. The highest BCUT2D eigenvalue weighted by Gasteiger charge is 2.45. The van der Waals surface area contributed by atoms with Crippen LogP contribution in [-0.4, -0.2) is 48.7 Å². The molecule has 5 nitrogen and oxygen atoms in total. The van der Waals surface area contributed by atoms with Gasteiger partial charge in [-0.3, -0.25) is 4.79 Å². The highest BCUT2D eigenvalue weighted by atomic mass is 32.2. The highest BCUT2D eigenvalue weighted by Crippen LogP contribution is 2.30. The fourth-order valence-corrected chi connectivity index (χ4v) is 5.52. The van der Waals surface area contributed by atoms with Gasteiger partial charge in [0, 0.05) is 19.1 Å². The van der Waals surface area contributed by atoms with Gasteiger partial charge >= 0.3 is 0 Å². The van der Waals surface area contributed by atoms with Gasteiger partial charge in [0.05, 0.1) is 4.90 Å². The quantitative estimate of drug-likeness (QED) is 0.729. The summed E-state index contributed by atoms with van der Waals surface area (Å²) in [6, 6.07) is 6.60. The van der Waals surface area contributed by atoms with Gasteiger partial charge in [-0.05, 0) is 50.3 Å². The number of nitrogens with zero attached hydrogens (tertiary/aromatic N) is 2. The van der Waals surface area contributed by atoms with E-state index >= 15 is 0 Å². The molecule has 6 heteroatoms. The molecule has 0 N–H and O–H groups in total. The van der Waals surface area contributed by atoms with E-state index in [4.69, 9.17) is 0 Å². The molecule has 2 atom stereocenters. The average molecular weight is 365 g/mol. The number of unbranched alkanes of at least 4 members (excludes halogenated alkanes) is 2. The SMILES string of the molecule is CCCCCc1ccc(S(=O)(=O)N2C[C@H]3CCCN3C(=O)[C@@H]2C)cc1. The summed E-state index contributed by atoms with van der Waals surface area (Å²) in [5.41, 5.74) is 1.16. The first-order valence-electron chi connectivity index (χ1n) is 9.36. The summed E-state index contributed by atoms with van der Waals surface area (Å²) in [7, 11) is -3.64. The van der Waals surface area contributed by atoms with Gasteiger partial charge in [-0.2, -0.15) is 4.31 Å². The van der Waals surface area contributed by atoms with Crippen molar-refractivity contribution in [2.24, 2.45) is 0 Å². The monoisotopic (exact) mass is 364 g/mol. The molecule has 0 saturated carbocycles.